The maximum atomic E-state index is 4.17. The summed E-state index contributed by atoms with van der Waals surface area (Å²) in [6.07, 6.45) is 8.82. The Bertz CT molecular complexity index is 372. The minimum absolute atomic E-state index is 0.197. The Morgan fingerprint density at radius 2 is 2.11 bits per heavy atom. The van der Waals surface area contributed by atoms with Crippen molar-refractivity contribution >= 4 is 11.8 Å². The van der Waals surface area contributed by atoms with Crippen LogP contribution in [0.25, 0.3) is 0 Å². The Labute approximate surface area is 113 Å². The van der Waals surface area contributed by atoms with Crippen molar-refractivity contribution in [1.82, 2.24) is 25.5 Å². The van der Waals surface area contributed by atoms with Gasteiger partial charge < -0.3 is 5.32 Å². The van der Waals surface area contributed by atoms with E-state index in [1.54, 1.807) is 0 Å². The highest BCUT2D eigenvalue weighted by atomic mass is 32.2. The number of rotatable bonds is 5. The maximum Gasteiger partial charge on any atom is 0.167 e. The quantitative estimate of drug-likeness (QED) is 0.886. The van der Waals surface area contributed by atoms with Crippen LogP contribution in [0.15, 0.2) is 0 Å². The van der Waals surface area contributed by atoms with E-state index in [9.17, 15) is 0 Å². The third-order valence-electron chi connectivity index (χ3n) is 4.02. The summed E-state index contributed by atoms with van der Waals surface area (Å²) in [4.78, 5) is 0. The highest BCUT2D eigenvalue weighted by Gasteiger charge is 2.33. The Morgan fingerprint density at radius 3 is 2.72 bits per heavy atom. The Balaban J connectivity index is 2.14. The predicted octanol–water partition coefficient (Wildman–Crippen LogP) is 2.02. The number of tetrazole rings is 1. The van der Waals surface area contributed by atoms with Gasteiger partial charge in [0.2, 0.25) is 0 Å². The summed E-state index contributed by atoms with van der Waals surface area (Å²) in [6.45, 7) is 3.03. The van der Waals surface area contributed by atoms with Gasteiger partial charge in [-0.3, -0.25) is 0 Å². The van der Waals surface area contributed by atoms with E-state index < -0.39 is 0 Å². The first-order valence-electron chi connectivity index (χ1n) is 6.69. The van der Waals surface area contributed by atoms with Crippen LogP contribution in [0.4, 0.5) is 0 Å². The van der Waals surface area contributed by atoms with Gasteiger partial charge >= 0.3 is 0 Å². The molecule has 0 aliphatic heterocycles. The first kappa shape index (κ1) is 13.8. The van der Waals surface area contributed by atoms with Gasteiger partial charge in [0.1, 0.15) is 0 Å². The molecule has 0 amide bonds. The lowest BCUT2D eigenvalue weighted by Crippen LogP contribution is -2.34. The number of thioether (sulfide) groups is 1. The van der Waals surface area contributed by atoms with Crippen LogP contribution in [0.2, 0.25) is 0 Å². The van der Waals surface area contributed by atoms with Crippen molar-refractivity contribution in [3.8, 4) is 0 Å². The molecule has 6 heteroatoms. The van der Waals surface area contributed by atoms with Gasteiger partial charge in [-0.15, -0.1) is 5.10 Å². The molecule has 1 fully saturated rings. The zero-order chi connectivity index (χ0) is 13.0. The van der Waals surface area contributed by atoms with E-state index in [0.717, 1.165) is 12.4 Å². The minimum atomic E-state index is 0.197. The van der Waals surface area contributed by atoms with E-state index in [4.69, 9.17) is 0 Å². The number of nitrogens with zero attached hydrogens (tertiary/aromatic N) is 4. The summed E-state index contributed by atoms with van der Waals surface area (Å²) in [5, 5.41) is 15.4. The molecule has 0 saturated heterocycles. The zero-order valence-corrected chi connectivity index (χ0v) is 12.3. The van der Waals surface area contributed by atoms with Crippen LogP contribution in [-0.2, 0) is 6.54 Å². The van der Waals surface area contributed by atoms with Gasteiger partial charge in [-0.2, -0.15) is 11.8 Å². The SMILES string of the molecule is CNC(C)c1nnnn1CC1(SC)CCCCC1. The van der Waals surface area contributed by atoms with Gasteiger partial charge in [0.25, 0.3) is 0 Å². The fourth-order valence-corrected chi connectivity index (χ4v) is 3.61. The molecule has 2 rings (SSSR count). The molecule has 1 aromatic heterocycles. The smallest absolute Gasteiger partial charge is 0.167 e. The molecule has 1 atom stereocenters. The van der Waals surface area contributed by atoms with E-state index in [2.05, 4.69) is 34.0 Å². The summed E-state index contributed by atoms with van der Waals surface area (Å²) < 4.78 is 2.32. The highest BCUT2D eigenvalue weighted by molar-refractivity contribution is 8.00. The van der Waals surface area contributed by atoms with Crippen molar-refractivity contribution in [1.29, 1.82) is 0 Å². The lowest BCUT2D eigenvalue weighted by Gasteiger charge is -2.35. The van der Waals surface area contributed by atoms with Gasteiger partial charge in [-0.1, -0.05) is 19.3 Å². The van der Waals surface area contributed by atoms with Crippen LogP contribution in [0, 0.1) is 0 Å². The van der Waals surface area contributed by atoms with Crippen LogP contribution < -0.4 is 5.32 Å². The topological polar surface area (TPSA) is 55.6 Å². The second-order valence-electron chi connectivity index (χ2n) is 5.15. The molecule has 18 heavy (non-hydrogen) atoms. The second-order valence-corrected chi connectivity index (χ2v) is 6.43. The molecule has 1 aliphatic rings. The molecule has 1 N–H and O–H groups in total. The fourth-order valence-electron chi connectivity index (χ4n) is 2.66. The van der Waals surface area contributed by atoms with E-state index in [1.165, 1.54) is 32.1 Å². The summed E-state index contributed by atoms with van der Waals surface area (Å²) in [5.74, 6) is 0.941. The molecule has 0 radical (unpaired) electrons. The molecule has 1 saturated carbocycles. The van der Waals surface area contributed by atoms with E-state index in [0.29, 0.717) is 4.75 Å². The largest absolute Gasteiger partial charge is 0.311 e. The summed E-state index contributed by atoms with van der Waals surface area (Å²) in [7, 11) is 1.94. The average Bonchev–Trinajstić information content (AvgIpc) is 2.87. The first-order valence-corrected chi connectivity index (χ1v) is 7.92. The minimum Gasteiger partial charge on any atom is -0.311 e. The van der Waals surface area contributed by atoms with Crippen LogP contribution in [-0.4, -0.2) is 38.3 Å². The summed E-state index contributed by atoms with van der Waals surface area (Å²) >= 11 is 1.98. The van der Waals surface area contributed by atoms with Crippen LogP contribution in [0.5, 0.6) is 0 Å². The molecule has 0 spiro atoms. The lowest BCUT2D eigenvalue weighted by atomic mass is 9.88. The zero-order valence-electron chi connectivity index (χ0n) is 11.5. The molecule has 0 aromatic carbocycles. The number of hydrogen-bond donors (Lipinski definition) is 1. The van der Waals surface area contributed by atoms with E-state index >= 15 is 0 Å². The predicted molar refractivity (Wildman–Crippen MR) is 74.6 cm³/mol. The van der Waals surface area contributed by atoms with Crippen LogP contribution in [0.1, 0.15) is 50.9 Å². The standard InChI is InChI=1S/C12H23N5S/c1-10(13-2)11-14-15-16-17(11)9-12(18-3)7-5-4-6-8-12/h10,13H,4-9H2,1-3H3. The monoisotopic (exact) mass is 269 g/mol. The molecular formula is C12H23N5S. The van der Waals surface area contributed by atoms with E-state index in [1.807, 2.05) is 23.5 Å². The van der Waals surface area contributed by atoms with E-state index in [-0.39, 0.29) is 6.04 Å². The van der Waals surface area contributed by atoms with Gasteiger partial charge in [-0.05, 0) is 43.5 Å². The van der Waals surface area contributed by atoms with Crippen LogP contribution >= 0.6 is 11.8 Å². The second kappa shape index (κ2) is 6.02. The maximum absolute atomic E-state index is 4.17. The Morgan fingerprint density at radius 1 is 1.39 bits per heavy atom. The Kier molecular flexibility index (Phi) is 4.61. The molecule has 5 nitrogen and oxygen atoms in total. The molecule has 1 heterocycles. The van der Waals surface area contributed by atoms with Gasteiger partial charge in [0.15, 0.2) is 5.82 Å². The summed E-state index contributed by atoms with van der Waals surface area (Å²) in [5.41, 5.74) is 0. The number of nitrogens with one attached hydrogen (secondary N) is 1. The third kappa shape index (κ3) is 2.85. The molecule has 1 unspecified atom stereocenters. The molecule has 1 aromatic rings. The Hall–Kier alpha value is -0.620. The van der Waals surface area contributed by atoms with Crippen molar-refractivity contribution in [3.63, 3.8) is 0 Å². The third-order valence-corrected chi connectivity index (χ3v) is 5.42. The molecule has 1 aliphatic carbocycles. The highest BCUT2D eigenvalue weighted by Crippen LogP contribution is 2.40. The molecule has 102 valence electrons. The number of hydrogen-bond acceptors (Lipinski definition) is 5. The van der Waals surface area contributed by atoms with Gasteiger partial charge in [0, 0.05) is 4.75 Å². The lowest BCUT2D eigenvalue weighted by molar-refractivity contribution is 0.334. The van der Waals surface area contributed by atoms with Gasteiger partial charge in [-0.25, -0.2) is 4.68 Å². The first-order chi connectivity index (χ1) is 8.71. The van der Waals surface area contributed by atoms with Crippen molar-refractivity contribution in [2.45, 2.75) is 56.4 Å². The fraction of sp³-hybridized carbons (Fsp3) is 0.917. The summed E-state index contributed by atoms with van der Waals surface area (Å²) in [6, 6.07) is 0.197. The van der Waals surface area contributed by atoms with Crippen molar-refractivity contribution in [3.05, 3.63) is 5.82 Å². The molecule has 0 bridgehead atoms. The van der Waals surface area contributed by atoms with Gasteiger partial charge in [0.05, 0.1) is 12.6 Å². The normalized spacial score (nSPS) is 20.8. The van der Waals surface area contributed by atoms with Crippen molar-refractivity contribution in [2.75, 3.05) is 13.3 Å². The molecular weight excluding hydrogens is 246 g/mol. The van der Waals surface area contributed by atoms with Crippen LogP contribution in [0.3, 0.4) is 0 Å². The van der Waals surface area contributed by atoms with Crippen molar-refractivity contribution in [2.24, 2.45) is 0 Å². The number of aromatic nitrogens is 4. The average molecular weight is 269 g/mol. The van der Waals surface area contributed by atoms with Crippen molar-refractivity contribution < 1.29 is 0 Å².